The topological polar surface area (TPSA) is 44.8 Å². The van der Waals surface area contributed by atoms with Gasteiger partial charge in [0.05, 0.1) is 17.5 Å². The molecule has 0 spiro atoms. The van der Waals surface area contributed by atoms with Crippen LogP contribution < -0.4 is 0 Å². The molecule has 0 atom stereocenters. The van der Waals surface area contributed by atoms with Gasteiger partial charge in [0, 0.05) is 42.8 Å². The Balaban J connectivity index is 1.71. The molecule has 0 aromatic carbocycles. The summed E-state index contributed by atoms with van der Waals surface area (Å²) >= 11 is 1.76. The predicted octanol–water partition coefficient (Wildman–Crippen LogP) is 1.42. The Morgan fingerprint density at radius 1 is 1.53 bits per heavy atom. The highest BCUT2D eigenvalue weighted by molar-refractivity contribution is 7.09. The minimum Gasteiger partial charge on any atom is -0.347 e. The van der Waals surface area contributed by atoms with E-state index in [2.05, 4.69) is 19.9 Å². The van der Waals surface area contributed by atoms with Gasteiger partial charge in [0.15, 0.2) is 0 Å². The molecular formula is C10H12N4S. The average molecular weight is 220 g/mol. The monoisotopic (exact) mass is 220 g/mol. The van der Waals surface area contributed by atoms with Crippen molar-refractivity contribution in [3.63, 3.8) is 0 Å². The van der Waals surface area contributed by atoms with Crippen molar-refractivity contribution in [2.75, 3.05) is 6.54 Å². The van der Waals surface area contributed by atoms with Gasteiger partial charge >= 0.3 is 0 Å². The van der Waals surface area contributed by atoms with Crippen molar-refractivity contribution in [3.05, 3.63) is 34.3 Å². The second-order valence-electron chi connectivity index (χ2n) is 3.76. The Labute approximate surface area is 92.0 Å². The van der Waals surface area contributed by atoms with Crippen LogP contribution in [0.4, 0.5) is 0 Å². The third-order valence-corrected chi connectivity index (χ3v) is 3.57. The van der Waals surface area contributed by atoms with E-state index >= 15 is 0 Å². The number of rotatable bonds is 2. The summed E-state index contributed by atoms with van der Waals surface area (Å²) in [6.07, 6.45) is 4.70. The van der Waals surface area contributed by atoms with Crippen molar-refractivity contribution in [2.45, 2.75) is 19.5 Å². The third kappa shape index (κ3) is 1.80. The van der Waals surface area contributed by atoms with Crippen LogP contribution >= 0.6 is 11.3 Å². The first kappa shape index (κ1) is 9.06. The van der Waals surface area contributed by atoms with Gasteiger partial charge in [0.1, 0.15) is 0 Å². The lowest BCUT2D eigenvalue weighted by molar-refractivity contribution is 0.244. The van der Waals surface area contributed by atoms with Crippen molar-refractivity contribution in [1.82, 2.24) is 19.9 Å². The molecule has 1 aliphatic rings. The van der Waals surface area contributed by atoms with Crippen molar-refractivity contribution in [3.8, 4) is 0 Å². The van der Waals surface area contributed by atoms with E-state index in [4.69, 9.17) is 0 Å². The summed E-state index contributed by atoms with van der Waals surface area (Å²) in [7, 11) is 0. The number of hydrogen-bond donors (Lipinski definition) is 1. The maximum Gasteiger partial charge on any atom is 0.0922 e. The van der Waals surface area contributed by atoms with Gasteiger partial charge < -0.3 is 4.98 Å². The fourth-order valence-electron chi connectivity index (χ4n) is 1.92. The molecule has 15 heavy (non-hydrogen) atoms. The van der Waals surface area contributed by atoms with Crippen LogP contribution in [0.25, 0.3) is 0 Å². The van der Waals surface area contributed by atoms with Crippen LogP contribution in [0.1, 0.15) is 16.3 Å². The summed E-state index contributed by atoms with van der Waals surface area (Å²) in [4.78, 5) is 15.4. The first-order valence-electron chi connectivity index (χ1n) is 5.02. The fourth-order valence-corrected chi connectivity index (χ4v) is 2.77. The molecule has 1 N–H and O–H groups in total. The van der Waals surface area contributed by atoms with Gasteiger partial charge in [-0.3, -0.25) is 4.90 Å². The summed E-state index contributed by atoms with van der Waals surface area (Å²) in [6.45, 7) is 3.08. The molecule has 0 radical (unpaired) electrons. The number of nitrogens with zero attached hydrogens (tertiary/aromatic N) is 3. The summed E-state index contributed by atoms with van der Waals surface area (Å²) in [5.74, 6) is 0. The molecule has 3 heterocycles. The lowest BCUT2D eigenvalue weighted by Gasteiger charge is -2.25. The molecule has 2 aromatic rings. The Hall–Kier alpha value is -1.20. The molecular weight excluding hydrogens is 208 g/mol. The predicted molar refractivity (Wildman–Crippen MR) is 58.5 cm³/mol. The molecule has 0 saturated heterocycles. The summed E-state index contributed by atoms with van der Waals surface area (Å²) in [5, 5.41) is 0. The summed E-state index contributed by atoms with van der Waals surface area (Å²) in [6, 6.07) is 0. The zero-order valence-corrected chi connectivity index (χ0v) is 9.13. The maximum atomic E-state index is 4.36. The van der Waals surface area contributed by atoms with Crippen LogP contribution in [-0.2, 0) is 19.5 Å². The van der Waals surface area contributed by atoms with Crippen molar-refractivity contribution >= 4 is 11.3 Å². The Bertz CT molecular complexity index is 434. The molecule has 0 unspecified atom stereocenters. The third-order valence-electron chi connectivity index (χ3n) is 2.71. The number of nitrogens with one attached hydrogen (secondary N) is 1. The quantitative estimate of drug-likeness (QED) is 0.832. The molecule has 1 aliphatic heterocycles. The van der Waals surface area contributed by atoms with E-state index in [1.54, 1.807) is 17.7 Å². The number of fused-ring (bicyclic) bond motifs is 1. The van der Waals surface area contributed by atoms with Gasteiger partial charge in [-0.25, -0.2) is 9.97 Å². The Kier molecular flexibility index (Phi) is 2.26. The minimum absolute atomic E-state index is 0.956. The highest BCUT2D eigenvalue weighted by Crippen LogP contribution is 2.22. The van der Waals surface area contributed by atoms with Crippen molar-refractivity contribution in [1.29, 1.82) is 0 Å². The van der Waals surface area contributed by atoms with Crippen molar-refractivity contribution in [2.24, 2.45) is 0 Å². The number of aromatic amines is 1. The lowest BCUT2D eigenvalue weighted by Crippen LogP contribution is -2.29. The molecule has 0 amide bonds. The zero-order valence-electron chi connectivity index (χ0n) is 8.31. The van der Waals surface area contributed by atoms with E-state index in [1.165, 1.54) is 16.3 Å². The average Bonchev–Trinajstić information content (AvgIpc) is 2.87. The molecule has 2 aromatic heterocycles. The molecule has 4 nitrogen and oxygen atoms in total. The van der Waals surface area contributed by atoms with Crippen LogP contribution in [0.2, 0.25) is 0 Å². The maximum absolute atomic E-state index is 4.36. The summed E-state index contributed by atoms with van der Waals surface area (Å²) < 4.78 is 0. The number of hydrogen-bond acceptors (Lipinski definition) is 4. The molecule has 0 aliphatic carbocycles. The first-order valence-corrected chi connectivity index (χ1v) is 5.90. The zero-order chi connectivity index (χ0) is 10.1. The highest BCUT2D eigenvalue weighted by Gasteiger charge is 2.18. The van der Waals surface area contributed by atoms with Crippen LogP contribution in [0.3, 0.4) is 0 Å². The molecule has 5 heteroatoms. The second kappa shape index (κ2) is 3.75. The summed E-state index contributed by atoms with van der Waals surface area (Å²) in [5.41, 5.74) is 4.42. The van der Waals surface area contributed by atoms with Crippen LogP contribution in [0.15, 0.2) is 18.0 Å². The molecule has 0 fully saturated rings. The largest absolute Gasteiger partial charge is 0.347 e. The lowest BCUT2D eigenvalue weighted by atomic mass is 10.2. The van der Waals surface area contributed by atoms with Crippen molar-refractivity contribution < 1.29 is 0 Å². The van der Waals surface area contributed by atoms with Crippen LogP contribution in [0.5, 0.6) is 0 Å². The van der Waals surface area contributed by atoms with Crippen LogP contribution in [0, 0.1) is 0 Å². The minimum atomic E-state index is 0.956. The first-order chi connectivity index (χ1) is 7.42. The van der Waals surface area contributed by atoms with E-state index in [0.717, 1.165) is 26.1 Å². The number of thiazole rings is 1. The molecule has 0 saturated carbocycles. The highest BCUT2D eigenvalue weighted by atomic mass is 32.1. The van der Waals surface area contributed by atoms with E-state index in [-0.39, 0.29) is 0 Å². The number of H-pyrrole nitrogens is 1. The second-order valence-corrected chi connectivity index (χ2v) is 4.70. The van der Waals surface area contributed by atoms with Gasteiger partial charge in [0.25, 0.3) is 0 Å². The SMILES string of the molecule is c1ncc(CN2CCc3ncsc3C2)[nH]1. The van der Waals surface area contributed by atoms with E-state index < -0.39 is 0 Å². The van der Waals surface area contributed by atoms with Crippen LogP contribution in [-0.4, -0.2) is 26.4 Å². The number of imidazole rings is 1. The van der Waals surface area contributed by atoms with Gasteiger partial charge in [-0.1, -0.05) is 0 Å². The number of aromatic nitrogens is 3. The van der Waals surface area contributed by atoms with Gasteiger partial charge in [-0.2, -0.15) is 0 Å². The van der Waals surface area contributed by atoms with Gasteiger partial charge in [-0.15, -0.1) is 11.3 Å². The Morgan fingerprint density at radius 3 is 3.40 bits per heavy atom. The van der Waals surface area contributed by atoms with Gasteiger partial charge in [0.2, 0.25) is 0 Å². The molecule has 78 valence electrons. The standard InChI is InChI=1S/C10H12N4S/c1-2-14(4-8-3-11-6-12-8)5-10-9(1)13-7-15-10/h3,6-7H,1-2,4-5H2,(H,11,12). The molecule has 0 bridgehead atoms. The van der Waals surface area contributed by atoms with E-state index in [0.29, 0.717) is 0 Å². The van der Waals surface area contributed by atoms with E-state index in [9.17, 15) is 0 Å². The Morgan fingerprint density at radius 2 is 2.53 bits per heavy atom. The van der Waals surface area contributed by atoms with E-state index in [1.807, 2.05) is 11.7 Å². The molecule has 3 rings (SSSR count). The fraction of sp³-hybridized carbons (Fsp3) is 0.400. The normalized spacial score (nSPS) is 16.5. The van der Waals surface area contributed by atoms with Gasteiger partial charge in [-0.05, 0) is 0 Å². The smallest absolute Gasteiger partial charge is 0.0922 e.